The second kappa shape index (κ2) is 11.0. The number of thioether (sulfide) groups is 1. The summed E-state index contributed by atoms with van der Waals surface area (Å²) < 4.78 is 2.09. The quantitative estimate of drug-likeness (QED) is 0.331. The van der Waals surface area contributed by atoms with E-state index in [-0.39, 0.29) is 17.9 Å². The minimum absolute atomic E-state index is 0.0360. The highest BCUT2D eigenvalue weighted by Crippen LogP contribution is 2.31. The molecule has 1 aromatic carbocycles. The summed E-state index contributed by atoms with van der Waals surface area (Å²) in [6.45, 7) is 9.66. The number of piperazine rings is 1. The molecule has 1 aliphatic heterocycles. The summed E-state index contributed by atoms with van der Waals surface area (Å²) in [5.74, 6) is 1.92. The molecule has 2 amide bonds. The van der Waals surface area contributed by atoms with Crippen molar-refractivity contribution in [3.05, 3.63) is 47.8 Å². The molecule has 1 saturated heterocycles. The Hall–Kier alpha value is -2.65. The second-order valence-corrected chi connectivity index (χ2v) is 11.9. The van der Waals surface area contributed by atoms with Gasteiger partial charge in [0.05, 0.1) is 4.88 Å². The largest absolute Gasteiger partial charge is 0.339 e. The molecule has 186 valence electrons. The number of amides is 2. The van der Waals surface area contributed by atoms with Crippen molar-refractivity contribution < 1.29 is 9.59 Å². The molecule has 7 nitrogen and oxygen atoms in total. The molecule has 2 aromatic heterocycles. The number of carbonyl (C=O) groups is 2. The predicted molar refractivity (Wildman–Crippen MR) is 142 cm³/mol. The Morgan fingerprint density at radius 3 is 2.51 bits per heavy atom. The van der Waals surface area contributed by atoms with E-state index in [1.54, 1.807) is 23.1 Å². The van der Waals surface area contributed by atoms with Crippen LogP contribution in [0.3, 0.4) is 0 Å². The molecular formula is C26H33N5O2S2. The van der Waals surface area contributed by atoms with Crippen LogP contribution in [0.15, 0.2) is 53.0 Å². The van der Waals surface area contributed by atoms with E-state index in [0.29, 0.717) is 26.1 Å². The van der Waals surface area contributed by atoms with Gasteiger partial charge in [0.2, 0.25) is 11.8 Å². The Morgan fingerprint density at radius 2 is 1.86 bits per heavy atom. The molecule has 3 aromatic rings. The summed E-state index contributed by atoms with van der Waals surface area (Å²) in [6.07, 6.45) is 1.25. The number of aromatic nitrogens is 3. The summed E-state index contributed by atoms with van der Waals surface area (Å²) in [6, 6.07) is 14.2. The minimum Gasteiger partial charge on any atom is -0.339 e. The van der Waals surface area contributed by atoms with Gasteiger partial charge in [0.15, 0.2) is 11.0 Å². The highest BCUT2D eigenvalue weighted by molar-refractivity contribution is 7.99. The second-order valence-electron chi connectivity index (χ2n) is 9.84. The van der Waals surface area contributed by atoms with Crippen LogP contribution >= 0.6 is 23.1 Å². The number of nitrogens with zero attached hydrogens (tertiary/aromatic N) is 5. The van der Waals surface area contributed by atoms with Gasteiger partial charge in [-0.25, -0.2) is 0 Å². The third-order valence-corrected chi connectivity index (χ3v) is 7.92. The third-order valence-electron chi connectivity index (χ3n) is 6.04. The zero-order valence-electron chi connectivity index (χ0n) is 20.8. The Kier molecular flexibility index (Phi) is 7.96. The molecule has 1 aliphatic rings. The molecule has 0 aliphatic carbocycles. The Balaban J connectivity index is 1.33. The van der Waals surface area contributed by atoms with E-state index < -0.39 is 5.41 Å². The number of thiophene rings is 1. The van der Waals surface area contributed by atoms with Crippen LogP contribution in [0.4, 0.5) is 0 Å². The van der Waals surface area contributed by atoms with Gasteiger partial charge in [0.1, 0.15) is 0 Å². The lowest BCUT2D eigenvalue weighted by atomic mass is 9.93. The summed E-state index contributed by atoms with van der Waals surface area (Å²) in [5, 5.41) is 11.8. The van der Waals surface area contributed by atoms with E-state index >= 15 is 0 Å². The Labute approximate surface area is 215 Å². The summed E-state index contributed by atoms with van der Waals surface area (Å²) in [5.41, 5.74) is 0.623. The number of hydrogen-bond acceptors (Lipinski definition) is 6. The fourth-order valence-corrected chi connectivity index (χ4v) is 5.79. The maximum absolute atomic E-state index is 12.9. The maximum Gasteiger partial charge on any atom is 0.228 e. The van der Waals surface area contributed by atoms with E-state index in [1.165, 1.54) is 0 Å². The number of hydrogen-bond donors (Lipinski definition) is 0. The van der Waals surface area contributed by atoms with Gasteiger partial charge >= 0.3 is 0 Å². The van der Waals surface area contributed by atoms with Crippen LogP contribution in [-0.4, -0.2) is 67.8 Å². The molecule has 0 N–H and O–H groups in total. The summed E-state index contributed by atoms with van der Waals surface area (Å²) in [4.78, 5) is 30.4. The van der Waals surface area contributed by atoms with Crippen LogP contribution in [-0.2, 0) is 9.59 Å². The average Bonchev–Trinajstić information content (AvgIpc) is 3.51. The van der Waals surface area contributed by atoms with Crippen LogP contribution in [0.2, 0.25) is 0 Å². The smallest absolute Gasteiger partial charge is 0.228 e. The minimum atomic E-state index is -0.401. The first-order valence-corrected chi connectivity index (χ1v) is 13.9. The molecule has 0 bridgehead atoms. The normalized spacial score (nSPS) is 16.5. The highest BCUT2D eigenvalue weighted by atomic mass is 32.2. The molecule has 1 fully saturated rings. The molecule has 1 unspecified atom stereocenters. The van der Waals surface area contributed by atoms with Gasteiger partial charge in [-0.3, -0.25) is 14.2 Å². The van der Waals surface area contributed by atoms with Gasteiger partial charge in [-0.2, -0.15) is 0 Å². The van der Waals surface area contributed by atoms with Crippen LogP contribution in [0.25, 0.3) is 16.4 Å². The van der Waals surface area contributed by atoms with Crippen molar-refractivity contribution in [1.29, 1.82) is 0 Å². The van der Waals surface area contributed by atoms with Crippen molar-refractivity contribution in [2.45, 2.75) is 51.7 Å². The fourth-order valence-electron chi connectivity index (χ4n) is 4.20. The van der Waals surface area contributed by atoms with Crippen molar-refractivity contribution in [3.8, 4) is 16.4 Å². The molecule has 35 heavy (non-hydrogen) atoms. The molecule has 0 radical (unpaired) electrons. The van der Waals surface area contributed by atoms with E-state index in [0.717, 1.165) is 33.7 Å². The zero-order valence-corrected chi connectivity index (χ0v) is 22.4. The SMILES string of the molecule is CC1CN(C(=O)CCCSc2nnc(-c3cccs3)n2-c2ccccc2)CCN1C(=O)C(C)(C)C. The van der Waals surface area contributed by atoms with Crippen LogP contribution in [0, 0.1) is 5.41 Å². The first-order chi connectivity index (χ1) is 16.8. The summed E-state index contributed by atoms with van der Waals surface area (Å²) in [7, 11) is 0. The van der Waals surface area contributed by atoms with Crippen molar-refractivity contribution in [2.24, 2.45) is 5.41 Å². The van der Waals surface area contributed by atoms with Crippen LogP contribution in [0.1, 0.15) is 40.5 Å². The molecular weight excluding hydrogens is 478 g/mol. The van der Waals surface area contributed by atoms with Gasteiger partial charge in [-0.05, 0) is 36.9 Å². The molecule has 0 saturated carbocycles. The number of carbonyl (C=O) groups excluding carboxylic acids is 2. The lowest BCUT2D eigenvalue weighted by Gasteiger charge is -2.42. The standard InChI is InChI=1S/C26H33N5O2S2/c1-19-18-29(14-15-30(19)24(33)26(2,3)4)22(32)13-9-17-35-25-28-27-23(21-12-8-16-34-21)31(25)20-10-6-5-7-11-20/h5-8,10-12,16,19H,9,13-15,17-18H2,1-4H3. The zero-order chi connectivity index (χ0) is 25.0. The van der Waals surface area contributed by atoms with E-state index in [1.807, 2.05) is 67.1 Å². The maximum atomic E-state index is 12.9. The molecule has 4 rings (SSSR count). The van der Waals surface area contributed by atoms with Crippen molar-refractivity contribution >= 4 is 34.9 Å². The number of rotatable bonds is 7. The average molecular weight is 512 g/mol. The van der Waals surface area contributed by atoms with Gasteiger partial charge in [0, 0.05) is 49.0 Å². The van der Waals surface area contributed by atoms with Gasteiger partial charge in [0.25, 0.3) is 0 Å². The predicted octanol–water partition coefficient (Wildman–Crippen LogP) is 4.97. The Morgan fingerprint density at radius 1 is 1.09 bits per heavy atom. The molecule has 9 heteroatoms. The summed E-state index contributed by atoms with van der Waals surface area (Å²) >= 11 is 3.27. The van der Waals surface area contributed by atoms with Crippen molar-refractivity contribution in [3.63, 3.8) is 0 Å². The van der Waals surface area contributed by atoms with Gasteiger partial charge in [-0.1, -0.05) is 56.8 Å². The number of para-hydroxylation sites is 1. The molecule has 0 spiro atoms. The van der Waals surface area contributed by atoms with E-state index in [4.69, 9.17) is 0 Å². The molecule has 3 heterocycles. The van der Waals surface area contributed by atoms with Gasteiger partial charge < -0.3 is 9.80 Å². The first-order valence-electron chi connectivity index (χ1n) is 12.0. The Bertz CT molecular complexity index is 1140. The fraction of sp³-hybridized carbons (Fsp3) is 0.462. The first kappa shape index (κ1) is 25.4. The monoisotopic (exact) mass is 511 g/mol. The highest BCUT2D eigenvalue weighted by Gasteiger charge is 2.34. The van der Waals surface area contributed by atoms with Crippen LogP contribution < -0.4 is 0 Å². The number of benzene rings is 1. The van der Waals surface area contributed by atoms with E-state index in [2.05, 4.69) is 33.0 Å². The lowest BCUT2D eigenvalue weighted by molar-refractivity contribution is -0.148. The third kappa shape index (κ3) is 5.95. The van der Waals surface area contributed by atoms with E-state index in [9.17, 15) is 9.59 Å². The molecule has 1 atom stereocenters. The topological polar surface area (TPSA) is 71.3 Å². The van der Waals surface area contributed by atoms with Crippen molar-refractivity contribution in [2.75, 3.05) is 25.4 Å². The van der Waals surface area contributed by atoms with Gasteiger partial charge in [-0.15, -0.1) is 21.5 Å². The lowest BCUT2D eigenvalue weighted by Crippen LogP contribution is -2.57. The van der Waals surface area contributed by atoms with Crippen molar-refractivity contribution in [1.82, 2.24) is 24.6 Å². The van der Waals surface area contributed by atoms with Crippen LogP contribution in [0.5, 0.6) is 0 Å².